The number of primary amides is 1. The van der Waals surface area contributed by atoms with E-state index in [4.69, 9.17) is 10.5 Å². The number of amides is 1. The third-order valence-electron chi connectivity index (χ3n) is 4.74. The first-order valence-corrected chi connectivity index (χ1v) is 9.92. The molecule has 138 valence electrons. The zero-order valence-electron chi connectivity index (χ0n) is 15.0. The van der Waals surface area contributed by atoms with Gasteiger partial charge in [-0.3, -0.25) is 9.59 Å². The predicted octanol–water partition coefficient (Wildman–Crippen LogP) is 3.54. The van der Waals surface area contributed by atoms with Crippen LogP contribution in [0.2, 0.25) is 0 Å². The van der Waals surface area contributed by atoms with Crippen molar-refractivity contribution in [2.45, 2.75) is 18.7 Å². The largest absolute Gasteiger partial charge is 0.493 e. The van der Waals surface area contributed by atoms with Gasteiger partial charge in [0.2, 0.25) is 5.91 Å². The Morgan fingerprint density at radius 1 is 1.22 bits per heavy atom. The van der Waals surface area contributed by atoms with Crippen LogP contribution in [0.3, 0.4) is 0 Å². The Morgan fingerprint density at radius 3 is 2.70 bits per heavy atom. The van der Waals surface area contributed by atoms with Gasteiger partial charge < -0.3 is 15.0 Å². The Hall–Kier alpha value is -2.73. The van der Waals surface area contributed by atoms with Gasteiger partial charge in [-0.05, 0) is 24.6 Å². The highest BCUT2D eigenvalue weighted by molar-refractivity contribution is 8.01. The van der Waals surface area contributed by atoms with Crippen molar-refractivity contribution in [3.05, 3.63) is 65.4 Å². The molecule has 1 aliphatic heterocycles. The Labute approximate surface area is 161 Å². The highest BCUT2D eigenvalue weighted by atomic mass is 32.2. The Bertz CT molecular complexity index is 1030. The number of carbonyl (C=O) groups is 2. The van der Waals surface area contributed by atoms with E-state index in [-0.39, 0.29) is 11.5 Å². The van der Waals surface area contributed by atoms with E-state index in [9.17, 15) is 9.59 Å². The smallest absolute Gasteiger partial charge is 0.235 e. The molecule has 6 heteroatoms. The molecule has 2 N–H and O–H groups in total. The zero-order chi connectivity index (χ0) is 19.0. The Kier molecular flexibility index (Phi) is 4.66. The molecule has 0 saturated carbocycles. The summed E-state index contributed by atoms with van der Waals surface area (Å²) in [6, 6.07) is 15.7. The summed E-state index contributed by atoms with van der Waals surface area (Å²) in [7, 11) is 0. The van der Waals surface area contributed by atoms with Gasteiger partial charge in [-0.15, -0.1) is 11.8 Å². The van der Waals surface area contributed by atoms with Crippen molar-refractivity contribution in [2.75, 3.05) is 12.4 Å². The summed E-state index contributed by atoms with van der Waals surface area (Å²) < 4.78 is 7.83. The van der Waals surface area contributed by atoms with Gasteiger partial charge in [0.1, 0.15) is 11.0 Å². The maximum absolute atomic E-state index is 12.9. The van der Waals surface area contributed by atoms with Gasteiger partial charge in [0.25, 0.3) is 0 Å². The van der Waals surface area contributed by atoms with Crippen LogP contribution >= 0.6 is 11.8 Å². The molecule has 2 aromatic carbocycles. The Morgan fingerprint density at radius 2 is 2.00 bits per heavy atom. The summed E-state index contributed by atoms with van der Waals surface area (Å²) in [6.07, 6.45) is 0. The molecule has 0 radical (unpaired) electrons. The first kappa shape index (κ1) is 17.7. The molecular formula is C21H20N2O3S. The topological polar surface area (TPSA) is 74.3 Å². The van der Waals surface area contributed by atoms with Crippen LogP contribution in [0.15, 0.2) is 48.5 Å². The molecule has 1 unspecified atom stereocenters. The SMILES string of the molecule is CCOc1cccc2c1c1c(n2Cc2ccccc2)C(=O)CSC1C(N)=O. The summed E-state index contributed by atoms with van der Waals surface area (Å²) in [5.74, 6) is 0.510. The maximum atomic E-state index is 12.9. The molecule has 5 nitrogen and oxygen atoms in total. The highest BCUT2D eigenvalue weighted by Gasteiger charge is 2.36. The number of thioether (sulfide) groups is 1. The first-order valence-electron chi connectivity index (χ1n) is 8.87. The van der Waals surface area contributed by atoms with Gasteiger partial charge in [0.15, 0.2) is 5.78 Å². The van der Waals surface area contributed by atoms with Crippen LogP contribution in [0.5, 0.6) is 5.75 Å². The van der Waals surface area contributed by atoms with Crippen molar-refractivity contribution in [1.29, 1.82) is 0 Å². The lowest BCUT2D eigenvalue weighted by molar-refractivity contribution is -0.117. The lowest BCUT2D eigenvalue weighted by Crippen LogP contribution is -2.27. The normalized spacial score (nSPS) is 16.3. The van der Waals surface area contributed by atoms with Gasteiger partial charge in [0, 0.05) is 17.5 Å². The van der Waals surface area contributed by atoms with E-state index >= 15 is 0 Å². The number of carbonyl (C=O) groups excluding carboxylic acids is 2. The van der Waals surface area contributed by atoms with E-state index < -0.39 is 11.2 Å². The second-order valence-electron chi connectivity index (χ2n) is 6.43. The molecule has 1 aromatic heterocycles. The fourth-order valence-corrected chi connectivity index (χ4v) is 4.71. The number of Topliss-reactive ketones (excluding diaryl/α,β-unsaturated/α-hetero) is 1. The minimum absolute atomic E-state index is 0.0158. The lowest BCUT2D eigenvalue weighted by atomic mass is 10.0. The first-order chi connectivity index (χ1) is 13.1. The third kappa shape index (κ3) is 3.00. The van der Waals surface area contributed by atoms with Gasteiger partial charge in [-0.2, -0.15) is 0 Å². The second-order valence-corrected chi connectivity index (χ2v) is 7.53. The van der Waals surface area contributed by atoms with Crippen molar-refractivity contribution in [2.24, 2.45) is 5.73 Å². The summed E-state index contributed by atoms with van der Waals surface area (Å²) >= 11 is 1.29. The minimum atomic E-state index is -0.557. The number of ether oxygens (including phenoxy) is 1. The van der Waals surface area contributed by atoms with Crippen molar-refractivity contribution >= 4 is 34.4 Å². The van der Waals surface area contributed by atoms with Crippen molar-refractivity contribution in [3.63, 3.8) is 0 Å². The fraction of sp³-hybridized carbons (Fsp3) is 0.238. The quantitative estimate of drug-likeness (QED) is 0.735. The van der Waals surface area contributed by atoms with Crippen LogP contribution in [0.4, 0.5) is 0 Å². The van der Waals surface area contributed by atoms with E-state index in [1.807, 2.05) is 60.0 Å². The molecule has 1 aliphatic rings. The molecule has 1 atom stereocenters. The summed E-state index contributed by atoms with van der Waals surface area (Å²) in [5, 5.41) is 0.258. The molecule has 0 spiro atoms. The molecule has 4 rings (SSSR count). The van der Waals surface area contributed by atoms with Crippen LogP contribution in [0.1, 0.15) is 33.8 Å². The zero-order valence-corrected chi connectivity index (χ0v) is 15.8. The standard InChI is InChI=1S/C21H20N2O3S/c1-2-26-16-10-6-9-14-17(16)18-19(15(24)12-27-20(18)21(22)25)23(14)11-13-7-4-3-5-8-13/h3-10,20H,2,11-12H2,1H3,(H2,22,25). The summed E-state index contributed by atoms with van der Waals surface area (Å²) in [6.45, 7) is 2.96. The van der Waals surface area contributed by atoms with E-state index in [2.05, 4.69) is 0 Å². The monoisotopic (exact) mass is 380 g/mol. The van der Waals surface area contributed by atoms with E-state index in [1.165, 1.54) is 11.8 Å². The molecule has 0 fully saturated rings. The number of rotatable bonds is 5. The van der Waals surface area contributed by atoms with Crippen LogP contribution in [0.25, 0.3) is 10.9 Å². The Balaban J connectivity index is 2.03. The minimum Gasteiger partial charge on any atom is -0.493 e. The van der Waals surface area contributed by atoms with E-state index in [0.717, 1.165) is 16.5 Å². The van der Waals surface area contributed by atoms with Crippen LogP contribution in [-0.4, -0.2) is 28.6 Å². The second kappa shape index (κ2) is 7.12. The molecule has 2 heterocycles. The molecule has 0 aliphatic carbocycles. The van der Waals surface area contributed by atoms with Crippen LogP contribution < -0.4 is 10.5 Å². The number of aromatic nitrogens is 1. The molecular weight excluding hydrogens is 360 g/mol. The van der Waals surface area contributed by atoms with Gasteiger partial charge in [0.05, 0.1) is 23.6 Å². The predicted molar refractivity (Wildman–Crippen MR) is 107 cm³/mol. The number of nitrogens with two attached hydrogens (primary N) is 1. The van der Waals surface area contributed by atoms with Crippen LogP contribution in [0, 0.1) is 0 Å². The van der Waals surface area contributed by atoms with Crippen molar-refractivity contribution < 1.29 is 14.3 Å². The molecule has 27 heavy (non-hydrogen) atoms. The summed E-state index contributed by atoms with van der Waals surface area (Å²) in [5.41, 5.74) is 8.92. The average molecular weight is 380 g/mol. The highest BCUT2D eigenvalue weighted by Crippen LogP contribution is 2.45. The molecule has 0 bridgehead atoms. The average Bonchev–Trinajstić information content (AvgIpc) is 2.99. The lowest BCUT2D eigenvalue weighted by Gasteiger charge is -2.21. The summed E-state index contributed by atoms with van der Waals surface area (Å²) in [4.78, 5) is 25.0. The molecule has 1 amide bonds. The third-order valence-corrected chi connectivity index (χ3v) is 5.97. The van der Waals surface area contributed by atoms with Crippen molar-refractivity contribution in [1.82, 2.24) is 4.57 Å². The number of hydrogen-bond acceptors (Lipinski definition) is 4. The van der Waals surface area contributed by atoms with Gasteiger partial charge in [-0.1, -0.05) is 36.4 Å². The maximum Gasteiger partial charge on any atom is 0.235 e. The number of fused-ring (bicyclic) bond motifs is 3. The molecule has 3 aromatic rings. The fourth-order valence-electron chi connectivity index (χ4n) is 3.70. The van der Waals surface area contributed by atoms with Gasteiger partial charge in [-0.25, -0.2) is 0 Å². The number of nitrogens with zero attached hydrogens (tertiary/aromatic N) is 1. The van der Waals surface area contributed by atoms with Crippen LogP contribution in [-0.2, 0) is 11.3 Å². The number of ketones is 1. The number of hydrogen-bond donors (Lipinski definition) is 1. The molecule has 0 saturated heterocycles. The van der Waals surface area contributed by atoms with Gasteiger partial charge >= 0.3 is 0 Å². The van der Waals surface area contributed by atoms with E-state index in [1.54, 1.807) is 0 Å². The van der Waals surface area contributed by atoms with E-state index in [0.29, 0.717) is 30.2 Å². The van der Waals surface area contributed by atoms with Crippen molar-refractivity contribution in [3.8, 4) is 5.75 Å². The number of benzene rings is 2.